The Bertz CT molecular complexity index is 532. The van der Waals surface area contributed by atoms with Gasteiger partial charge in [0.05, 0.1) is 19.3 Å². The average molecular weight is 343 g/mol. The number of carbonyl (C=O) groups is 2. The van der Waals surface area contributed by atoms with Crippen LogP contribution < -0.4 is 11.5 Å². The van der Waals surface area contributed by atoms with Crippen molar-refractivity contribution in [3.63, 3.8) is 0 Å². The summed E-state index contributed by atoms with van der Waals surface area (Å²) < 4.78 is 28.0. The fourth-order valence-corrected chi connectivity index (χ4v) is 3.18. The molecule has 1 heterocycles. The first-order valence-corrected chi connectivity index (χ1v) is 7.71. The molecule has 0 aromatic carbocycles. The third-order valence-corrected chi connectivity index (χ3v) is 4.06. The van der Waals surface area contributed by atoms with Crippen molar-refractivity contribution < 1.29 is 22.7 Å². The zero-order chi connectivity index (χ0) is 15.5. The topological polar surface area (TPSA) is 145 Å². The number of hydrogen-bond donors (Lipinski definition) is 2. The van der Waals surface area contributed by atoms with Crippen molar-refractivity contribution in [1.82, 2.24) is 4.31 Å². The molecule has 0 spiro atoms. The molecule has 11 heteroatoms. The molecule has 1 rings (SSSR count). The number of β-lactam (4-membered cyclic amide) rings is 1. The SMILES string of the molecule is COC(=O)[C@@H]1[C@@H](CCCN=C(N)N)C(=O)N1S(C)(=O)=O.Cl. The monoisotopic (exact) mass is 342 g/mol. The van der Waals surface area contributed by atoms with Gasteiger partial charge < -0.3 is 16.2 Å². The Kier molecular flexibility index (Phi) is 6.91. The van der Waals surface area contributed by atoms with Crippen LogP contribution in [0, 0.1) is 5.92 Å². The van der Waals surface area contributed by atoms with Gasteiger partial charge in [-0.2, -0.15) is 0 Å². The number of guanidine groups is 1. The summed E-state index contributed by atoms with van der Waals surface area (Å²) in [6.45, 7) is 0.304. The quantitative estimate of drug-likeness (QED) is 0.195. The number of ether oxygens (including phenoxy) is 1. The second-order valence-electron chi connectivity index (χ2n) is 4.42. The number of nitrogens with two attached hydrogens (primary N) is 2. The highest BCUT2D eigenvalue weighted by Gasteiger charge is 2.55. The van der Waals surface area contributed by atoms with E-state index in [0.717, 1.165) is 13.4 Å². The molecule has 4 N–H and O–H groups in total. The molecule has 0 aliphatic carbocycles. The predicted molar refractivity (Wildman–Crippen MR) is 78.1 cm³/mol. The maximum absolute atomic E-state index is 11.8. The highest BCUT2D eigenvalue weighted by molar-refractivity contribution is 7.89. The van der Waals surface area contributed by atoms with Crippen LogP contribution in [0.2, 0.25) is 0 Å². The van der Waals surface area contributed by atoms with Crippen LogP contribution in [0.25, 0.3) is 0 Å². The van der Waals surface area contributed by atoms with Crippen LogP contribution in [0.15, 0.2) is 4.99 Å². The van der Waals surface area contributed by atoms with Crippen LogP contribution in [0.4, 0.5) is 0 Å². The number of hydrogen-bond acceptors (Lipinski definition) is 6. The van der Waals surface area contributed by atoms with Gasteiger partial charge in [0.15, 0.2) is 12.0 Å². The van der Waals surface area contributed by atoms with E-state index in [2.05, 4.69) is 9.73 Å². The van der Waals surface area contributed by atoms with E-state index in [0.29, 0.717) is 23.7 Å². The number of sulfonamides is 1. The predicted octanol–water partition coefficient (Wildman–Crippen LogP) is -1.58. The van der Waals surface area contributed by atoms with Gasteiger partial charge in [0.2, 0.25) is 15.9 Å². The number of rotatable bonds is 6. The molecule has 1 aliphatic heterocycles. The Morgan fingerprint density at radius 1 is 1.43 bits per heavy atom. The molecule has 0 radical (unpaired) electrons. The number of methoxy groups -OCH3 is 1. The lowest BCUT2D eigenvalue weighted by atomic mass is 9.86. The molecular formula is C10H19ClN4O5S. The van der Waals surface area contributed by atoms with Crippen molar-refractivity contribution >= 4 is 40.3 Å². The highest BCUT2D eigenvalue weighted by Crippen LogP contribution is 2.33. The Morgan fingerprint density at radius 3 is 2.43 bits per heavy atom. The fourth-order valence-electron chi connectivity index (χ4n) is 2.07. The summed E-state index contributed by atoms with van der Waals surface area (Å²) in [7, 11) is -2.64. The number of halogens is 1. The first kappa shape index (κ1) is 19.4. The van der Waals surface area contributed by atoms with E-state index in [-0.39, 0.29) is 18.4 Å². The molecule has 9 nitrogen and oxygen atoms in total. The Morgan fingerprint density at radius 2 is 2.00 bits per heavy atom. The standard InChI is InChI=1S/C10H18N4O5S.ClH/c1-19-9(16)7-6(4-3-5-13-10(11)12)8(15)14(7)20(2,17)18;/h6-7H,3-5H2,1-2H3,(H4,11,12,13);1H/t6-,7+;/m1./s1. The first-order chi connectivity index (χ1) is 9.20. The summed E-state index contributed by atoms with van der Waals surface area (Å²) in [6.07, 6.45) is 1.64. The Labute approximate surface area is 129 Å². The third kappa shape index (κ3) is 4.46. The minimum Gasteiger partial charge on any atom is -0.467 e. The molecule has 21 heavy (non-hydrogen) atoms. The van der Waals surface area contributed by atoms with Gasteiger partial charge in [-0.25, -0.2) is 17.5 Å². The van der Waals surface area contributed by atoms with E-state index in [1.165, 1.54) is 0 Å². The molecule has 0 unspecified atom stereocenters. The lowest BCUT2D eigenvalue weighted by Gasteiger charge is -2.43. The maximum Gasteiger partial charge on any atom is 0.330 e. The molecule has 0 bridgehead atoms. The molecule has 1 saturated heterocycles. The highest BCUT2D eigenvalue weighted by atomic mass is 35.5. The van der Waals surface area contributed by atoms with Crippen molar-refractivity contribution in [1.29, 1.82) is 0 Å². The largest absolute Gasteiger partial charge is 0.467 e. The van der Waals surface area contributed by atoms with Gasteiger partial charge in [0.1, 0.15) is 0 Å². The van der Waals surface area contributed by atoms with Crippen molar-refractivity contribution in [3.05, 3.63) is 0 Å². The molecule has 1 amide bonds. The van der Waals surface area contributed by atoms with E-state index in [9.17, 15) is 18.0 Å². The zero-order valence-electron chi connectivity index (χ0n) is 11.7. The lowest BCUT2D eigenvalue weighted by molar-refractivity contribution is -0.165. The minimum atomic E-state index is -3.78. The number of amides is 1. The van der Waals surface area contributed by atoms with Crippen molar-refractivity contribution in [2.24, 2.45) is 22.4 Å². The molecule has 122 valence electrons. The third-order valence-electron chi connectivity index (χ3n) is 2.94. The van der Waals surface area contributed by atoms with E-state index in [1.807, 2.05) is 0 Å². The molecule has 2 atom stereocenters. The molecule has 0 aromatic rings. The molecule has 0 saturated carbocycles. The van der Waals surface area contributed by atoms with Crippen molar-refractivity contribution in [3.8, 4) is 0 Å². The zero-order valence-corrected chi connectivity index (χ0v) is 13.3. The summed E-state index contributed by atoms with van der Waals surface area (Å²) >= 11 is 0. The van der Waals surface area contributed by atoms with Crippen LogP contribution in [-0.4, -0.2) is 56.5 Å². The summed E-state index contributed by atoms with van der Waals surface area (Å²) in [4.78, 5) is 27.2. The van der Waals surface area contributed by atoms with Crippen molar-refractivity contribution in [2.45, 2.75) is 18.9 Å². The van der Waals surface area contributed by atoms with Crippen LogP contribution >= 0.6 is 12.4 Å². The van der Waals surface area contributed by atoms with Crippen LogP contribution in [0.3, 0.4) is 0 Å². The Hall–Kier alpha value is -1.55. The van der Waals surface area contributed by atoms with Gasteiger partial charge in [0, 0.05) is 6.54 Å². The maximum atomic E-state index is 11.8. The summed E-state index contributed by atoms with van der Waals surface area (Å²) in [5, 5.41) is 0. The van der Waals surface area contributed by atoms with Gasteiger partial charge >= 0.3 is 5.97 Å². The van der Waals surface area contributed by atoms with Gasteiger partial charge in [0.25, 0.3) is 0 Å². The smallest absolute Gasteiger partial charge is 0.330 e. The Balaban J connectivity index is 0.00000400. The summed E-state index contributed by atoms with van der Waals surface area (Å²) in [5.74, 6) is -2.13. The molecule has 0 aromatic heterocycles. The number of nitrogens with zero attached hydrogens (tertiary/aromatic N) is 2. The average Bonchev–Trinajstić information content (AvgIpc) is 2.32. The van der Waals surface area contributed by atoms with Crippen LogP contribution in [-0.2, 0) is 24.3 Å². The summed E-state index contributed by atoms with van der Waals surface area (Å²) in [5.41, 5.74) is 10.3. The summed E-state index contributed by atoms with van der Waals surface area (Å²) in [6, 6.07) is -1.10. The molecular weight excluding hydrogens is 324 g/mol. The number of aliphatic imine (C=N–C) groups is 1. The van der Waals surface area contributed by atoms with E-state index < -0.39 is 33.9 Å². The van der Waals surface area contributed by atoms with Gasteiger partial charge in [-0.3, -0.25) is 9.79 Å². The normalized spacial score (nSPS) is 21.0. The second-order valence-corrected chi connectivity index (χ2v) is 6.28. The van der Waals surface area contributed by atoms with E-state index >= 15 is 0 Å². The van der Waals surface area contributed by atoms with Gasteiger partial charge in [-0.05, 0) is 12.8 Å². The first-order valence-electron chi connectivity index (χ1n) is 5.86. The molecule has 1 aliphatic rings. The lowest BCUT2D eigenvalue weighted by Crippen LogP contribution is -2.66. The van der Waals surface area contributed by atoms with Crippen molar-refractivity contribution in [2.75, 3.05) is 19.9 Å². The molecule has 1 fully saturated rings. The van der Waals surface area contributed by atoms with Crippen LogP contribution in [0.1, 0.15) is 12.8 Å². The number of carbonyl (C=O) groups excluding carboxylic acids is 2. The van der Waals surface area contributed by atoms with Gasteiger partial charge in [-0.1, -0.05) is 0 Å². The van der Waals surface area contributed by atoms with Crippen LogP contribution in [0.5, 0.6) is 0 Å². The number of esters is 1. The van der Waals surface area contributed by atoms with Gasteiger partial charge in [-0.15, -0.1) is 12.4 Å². The van der Waals surface area contributed by atoms with E-state index in [1.54, 1.807) is 0 Å². The fraction of sp³-hybridized carbons (Fsp3) is 0.700. The van der Waals surface area contributed by atoms with E-state index in [4.69, 9.17) is 11.5 Å². The second kappa shape index (κ2) is 7.46. The minimum absolute atomic E-state index is 0.